The monoisotopic (exact) mass is 236 g/mol. The van der Waals surface area contributed by atoms with E-state index in [9.17, 15) is 8.42 Å². The largest absolute Gasteiger partial charge is 0.392 e. The van der Waals surface area contributed by atoms with E-state index < -0.39 is 10.0 Å². The van der Waals surface area contributed by atoms with Crippen molar-refractivity contribution < 1.29 is 8.42 Å². The SMILES string of the molecule is NC(=S)CNS(=O)(=O)C1CCCCC1. The van der Waals surface area contributed by atoms with Gasteiger partial charge in [0.15, 0.2) is 0 Å². The van der Waals surface area contributed by atoms with Gasteiger partial charge in [0.1, 0.15) is 0 Å². The lowest BCUT2D eigenvalue weighted by atomic mass is 10.0. The summed E-state index contributed by atoms with van der Waals surface area (Å²) in [7, 11) is -3.20. The molecular formula is C8H16N2O2S2. The van der Waals surface area contributed by atoms with E-state index in [4.69, 9.17) is 5.73 Å². The molecule has 6 heteroatoms. The Bertz CT molecular complexity index is 294. The average molecular weight is 236 g/mol. The fraction of sp³-hybridized carbons (Fsp3) is 0.875. The van der Waals surface area contributed by atoms with Crippen molar-refractivity contribution in [2.45, 2.75) is 37.4 Å². The van der Waals surface area contributed by atoms with Gasteiger partial charge in [0, 0.05) is 0 Å². The van der Waals surface area contributed by atoms with Gasteiger partial charge in [0.25, 0.3) is 0 Å². The van der Waals surface area contributed by atoms with E-state index in [1.807, 2.05) is 0 Å². The van der Waals surface area contributed by atoms with E-state index >= 15 is 0 Å². The molecule has 0 aliphatic heterocycles. The van der Waals surface area contributed by atoms with Crippen molar-refractivity contribution >= 4 is 27.2 Å². The van der Waals surface area contributed by atoms with Gasteiger partial charge in [0.2, 0.25) is 10.0 Å². The highest BCUT2D eigenvalue weighted by Gasteiger charge is 2.26. The molecule has 1 aliphatic carbocycles. The Morgan fingerprint density at radius 2 is 1.93 bits per heavy atom. The molecule has 0 atom stereocenters. The summed E-state index contributed by atoms with van der Waals surface area (Å²) in [5, 5.41) is -0.245. The molecule has 14 heavy (non-hydrogen) atoms. The maximum Gasteiger partial charge on any atom is 0.214 e. The van der Waals surface area contributed by atoms with Gasteiger partial charge >= 0.3 is 0 Å². The summed E-state index contributed by atoms with van der Waals surface area (Å²) in [5.41, 5.74) is 5.23. The third-order valence-electron chi connectivity index (χ3n) is 2.44. The molecule has 1 saturated carbocycles. The van der Waals surface area contributed by atoms with Crippen molar-refractivity contribution in [1.29, 1.82) is 0 Å². The van der Waals surface area contributed by atoms with Crippen molar-refractivity contribution in [2.75, 3.05) is 6.54 Å². The first-order chi connectivity index (χ1) is 6.52. The topological polar surface area (TPSA) is 72.2 Å². The summed E-state index contributed by atoms with van der Waals surface area (Å²) in [6.45, 7) is 0.0775. The van der Waals surface area contributed by atoms with Crippen molar-refractivity contribution in [3.8, 4) is 0 Å². The molecule has 0 saturated heterocycles. The number of nitrogens with two attached hydrogens (primary N) is 1. The zero-order valence-corrected chi connectivity index (χ0v) is 9.66. The Hall–Kier alpha value is -0.200. The molecule has 4 nitrogen and oxygen atoms in total. The lowest BCUT2D eigenvalue weighted by Gasteiger charge is -2.21. The maximum absolute atomic E-state index is 11.7. The second-order valence-electron chi connectivity index (χ2n) is 3.59. The first-order valence-corrected chi connectivity index (χ1v) is 6.74. The van der Waals surface area contributed by atoms with Gasteiger partial charge in [-0.2, -0.15) is 0 Å². The Morgan fingerprint density at radius 3 is 2.43 bits per heavy atom. The van der Waals surface area contributed by atoms with Crippen LogP contribution in [0.25, 0.3) is 0 Å². The van der Waals surface area contributed by atoms with Crippen LogP contribution in [0.1, 0.15) is 32.1 Å². The van der Waals surface area contributed by atoms with Crippen molar-refractivity contribution in [3.63, 3.8) is 0 Å². The molecule has 0 radical (unpaired) electrons. The molecule has 0 amide bonds. The zero-order valence-electron chi connectivity index (χ0n) is 8.03. The summed E-state index contributed by atoms with van der Waals surface area (Å²) in [5.74, 6) is 0. The fourth-order valence-electron chi connectivity index (χ4n) is 1.67. The van der Waals surface area contributed by atoms with Crippen LogP contribution in [0.5, 0.6) is 0 Å². The lowest BCUT2D eigenvalue weighted by Crippen LogP contribution is -2.39. The highest BCUT2D eigenvalue weighted by molar-refractivity contribution is 7.90. The normalized spacial score (nSPS) is 19.4. The molecule has 1 fully saturated rings. The van der Waals surface area contributed by atoms with E-state index in [1.54, 1.807) is 0 Å². The van der Waals surface area contributed by atoms with Crippen LogP contribution >= 0.6 is 12.2 Å². The first kappa shape index (κ1) is 11.9. The Balaban J connectivity index is 2.50. The highest BCUT2D eigenvalue weighted by Crippen LogP contribution is 2.22. The van der Waals surface area contributed by atoms with E-state index in [1.165, 1.54) is 0 Å². The van der Waals surface area contributed by atoms with Crippen LogP contribution in [0, 0.1) is 0 Å². The summed E-state index contributed by atoms with van der Waals surface area (Å²) >= 11 is 4.62. The van der Waals surface area contributed by atoms with Gasteiger partial charge in [-0.3, -0.25) is 0 Å². The fourth-order valence-corrected chi connectivity index (χ4v) is 3.37. The van der Waals surface area contributed by atoms with Crippen molar-refractivity contribution in [3.05, 3.63) is 0 Å². The van der Waals surface area contributed by atoms with Crippen LogP contribution in [0.3, 0.4) is 0 Å². The number of hydrogen-bond donors (Lipinski definition) is 2. The van der Waals surface area contributed by atoms with Gasteiger partial charge < -0.3 is 5.73 Å². The van der Waals surface area contributed by atoms with Crippen LogP contribution in [-0.4, -0.2) is 25.2 Å². The molecule has 0 bridgehead atoms. The van der Waals surface area contributed by atoms with Crippen LogP contribution in [0.4, 0.5) is 0 Å². The number of rotatable bonds is 4. The summed E-state index contributed by atoms with van der Waals surface area (Å²) in [4.78, 5) is 0.185. The quantitative estimate of drug-likeness (QED) is 0.698. The van der Waals surface area contributed by atoms with E-state index in [0.717, 1.165) is 32.1 Å². The van der Waals surface area contributed by atoms with Crippen LogP contribution in [0.15, 0.2) is 0 Å². The molecule has 0 aromatic rings. The lowest BCUT2D eigenvalue weighted by molar-refractivity contribution is 0.479. The first-order valence-electron chi connectivity index (χ1n) is 4.79. The predicted octanol–water partition coefficient (Wildman–Crippen LogP) is 0.525. The van der Waals surface area contributed by atoms with E-state index in [-0.39, 0.29) is 16.8 Å². The third kappa shape index (κ3) is 3.51. The second-order valence-corrected chi connectivity index (χ2v) is 6.16. The minimum absolute atomic E-state index is 0.0775. The molecule has 0 unspecified atom stereocenters. The molecule has 1 aliphatic rings. The average Bonchev–Trinajstić information content (AvgIpc) is 2.16. The molecular weight excluding hydrogens is 220 g/mol. The van der Waals surface area contributed by atoms with E-state index in [0.29, 0.717) is 0 Å². The Morgan fingerprint density at radius 1 is 1.36 bits per heavy atom. The molecule has 1 rings (SSSR count). The van der Waals surface area contributed by atoms with Gasteiger partial charge in [0.05, 0.1) is 16.8 Å². The number of hydrogen-bond acceptors (Lipinski definition) is 3. The molecule has 0 aromatic carbocycles. The van der Waals surface area contributed by atoms with Crippen LogP contribution in [0.2, 0.25) is 0 Å². The summed E-state index contributed by atoms with van der Waals surface area (Å²) in [6.07, 6.45) is 4.65. The maximum atomic E-state index is 11.7. The molecule has 0 aromatic heterocycles. The van der Waals surface area contributed by atoms with Crippen molar-refractivity contribution in [2.24, 2.45) is 5.73 Å². The highest BCUT2D eigenvalue weighted by atomic mass is 32.2. The van der Waals surface area contributed by atoms with Gasteiger partial charge in [-0.1, -0.05) is 31.5 Å². The van der Waals surface area contributed by atoms with Crippen molar-refractivity contribution in [1.82, 2.24) is 4.72 Å². The minimum atomic E-state index is -3.20. The second kappa shape index (κ2) is 5.04. The number of sulfonamides is 1. The number of nitrogens with one attached hydrogen (secondary N) is 1. The molecule has 3 N–H and O–H groups in total. The minimum Gasteiger partial charge on any atom is -0.392 e. The van der Waals surface area contributed by atoms with E-state index in [2.05, 4.69) is 16.9 Å². The standard InChI is InChI=1S/C8H16N2O2S2/c9-8(13)6-10-14(11,12)7-4-2-1-3-5-7/h7,10H,1-6H2,(H2,9,13). The van der Waals surface area contributed by atoms with Crippen LogP contribution in [-0.2, 0) is 10.0 Å². The van der Waals surface area contributed by atoms with Gasteiger partial charge in [-0.05, 0) is 12.8 Å². The molecule has 82 valence electrons. The zero-order chi connectivity index (χ0) is 10.6. The predicted molar refractivity (Wildman–Crippen MR) is 60.6 cm³/mol. The van der Waals surface area contributed by atoms with Gasteiger partial charge in [-0.25, -0.2) is 13.1 Å². The Labute approximate surface area is 90.3 Å². The van der Waals surface area contributed by atoms with Crippen LogP contribution < -0.4 is 10.5 Å². The smallest absolute Gasteiger partial charge is 0.214 e. The summed E-state index contributed by atoms with van der Waals surface area (Å²) in [6, 6.07) is 0. The molecule has 0 heterocycles. The summed E-state index contributed by atoms with van der Waals surface area (Å²) < 4.78 is 25.8. The van der Waals surface area contributed by atoms with Gasteiger partial charge in [-0.15, -0.1) is 0 Å². The Kier molecular flexibility index (Phi) is 4.28. The number of thiocarbonyl (C=S) groups is 1. The third-order valence-corrected chi connectivity index (χ3v) is 4.48. The molecule has 0 spiro atoms.